The molecule has 0 saturated heterocycles. The van der Waals surface area contributed by atoms with Crippen LogP contribution in [0.1, 0.15) is 6.92 Å². The Morgan fingerprint density at radius 2 is 2.12 bits per heavy atom. The fourth-order valence-electron chi connectivity index (χ4n) is 1.09. The number of nitrogens with zero attached hydrogens (tertiary/aromatic N) is 2. The van der Waals surface area contributed by atoms with Gasteiger partial charge in [0, 0.05) is 6.92 Å². The number of amides is 1. The molecule has 0 spiro atoms. The molecule has 0 aliphatic heterocycles. The van der Waals surface area contributed by atoms with Crippen molar-refractivity contribution in [2.75, 3.05) is 4.90 Å². The molecule has 0 aliphatic rings. The van der Waals surface area contributed by atoms with Gasteiger partial charge in [0.15, 0.2) is 6.19 Å². The summed E-state index contributed by atoms with van der Waals surface area (Å²) in [5, 5.41) is 8.69. The van der Waals surface area contributed by atoms with E-state index in [2.05, 4.69) is 0 Å². The Kier molecular flexibility index (Phi) is 3.27. The van der Waals surface area contributed by atoms with Crippen LogP contribution in [0.4, 0.5) is 5.69 Å². The lowest BCUT2D eigenvalue weighted by Gasteiger charge is -2.11. The molecule has 1 aromatic rings. The van der Waals surface area contributed by atoms with Crippen molar-refractivity contribution in [3.63, 3.8) is 0 Å². The van der Waals surface area contributed by atoms with Gasteiger partial charge >= 0.3 is 0 Å². The molecule has 16 heavy (non-hydrogen) atoms. The lowest BCUT2D eigenvalue weighted by molar-refractivity contribution is -0.115. The Labute approximate surface area is 92.5 Å². The van der Waals surface area contributed by atoms with Gasteiger partial charge in [-0.2, -0.15) is 13.7 Å². The molecule has 1 aromatic carbocycles. The molecule has 0 saturated carbocycles. The molecule has 1 rings (SSSR count). The van der Waals surface area contributed by atoms with E-state index in [1.54, 1.807) is 6.19 Å². The molecule has 0 aromatic heterocycles. The van der Waals surface area contributed by atoms with Gasteiger partial charge in [-0.3, -0.25) is 9.35 Å². The van der Waals surface area contributed by atoms with E-state index in [0.29, 0.717) is 4.90 Å². The van der Waals surface area contributed by atoms with Gasteiger partial charge in [-0.1, -0.05) is 6.07 Å². The Morgan fingerprint density at radius 1 is 1.50 bits per heavy atom. The van der Waals surface area contributed by atoms with Gasteiger partial charge in [0.05, 0.1) is 10.6 Å². The van der Waals surface area contributed by atoms with Gasteiger partial charge in [0.1, 0.15) is 0 Å². The number of benzene rings is 1. The van der Waals surface area contributed by atoms with Gasteiger partial charge in [0.25, 0.3) is 10.1 Å². The molecule has 0 heterocycles. The van der Waals surface area contributed by atoms with E-state index in [0.717, 1.165) is 12.1 Å². The van der Waals surface area contributed by atoms with E-state index in [1.807, 2.05) is 0 Å². The normalized spacial score (nSPS) is 10.6. The van der Waals surface area contributed by atoms with Crippen LogP contribution in [0.2, 0.25) is 0 Å². The average molecular weight is 240 g/mol. The van der Waals surface area contributed by atoms with E-state index in [9.17, 15) is 13.2 Å². The Hall–Kier alpha value is -1.91. The zero-order valence-electron chi connectivity index (χ0n) is 8.28. The first kappa shape index (κ1) is 12.2. The maximum atomic E-state index is 11.0. The van der Waals surface area contributed by atoms with Crippen LogP contribution >= 0.6 is 0 Å². The Morgan fingerprint density at radius 3 is 2.56 bits per heavy atom. The number of hydrogen-bond donors (Lipinski definition) is 1. The first-order chi connectivity index (χ1) is 7.36. The van der Waals surface area contributed by atoms with Crippen molar-refractivity contribution in [3.8, 4) is 6.19 Å². The topological polar surface area (TPSA) is 98.5 Å². The number of carbonyl (C=O) groups is 1. The van der Waals surface area contributed by atoms with Crippen molar-refractivity contribution in [2.24, 2.45) is 0 Å². The fourth-order valence-corrected chi connectivity index (χ4v) is 1.61. The van der Waals surface area contributed by atoms with Crippen LogP contribution in [0.5, 0.6) is 0 Å². The zero-order chi connectivity index (χ0) is 12.3. The van der Waals surface area contributed by atoms with E-state index >= 15 is 0 Å². The third-order valence-electron chi connectivity index (χ3n) is 1.79. The molecule has 0 atom stereocenters. The second kappa shape index (κ2) is 4.30. The molecule has 0 fully saturated rings. The summed E-state index contributed by atoms with van der Waals surface area (Å²) in [5.41, 5.74) is 0.0881. The lowest BCUT2D eigenvalue weighted by atomic mass is 10.3. The number of nitriles is 1. The third-order valence-corrected chi connectivity index (χ3v) is 2.64. The lowest BCUT2D eigenvalue weighted by Crippen LogP contribution is -2.22. The number of anilines is 1. The number of rotatable bonds is 2. The van der Waals surface area contributed by atoms with E-state index in [1.165, 1.54) is 19.1 Å². The maximum absolute atomic E-state index is 11.0. The summed E-state index contributed by atoms with van der Waals surface area (Å²) in [5.74, 6) is -0.546. The molecule has 0 bridgehead atoms. The molecule has 6 nitrogen and oxygen atoms in total. The highest BCUT2D eigenvalue weighted by Crippen LogP contribution is 2.18. The van der Waals surface area contributed by atoms with E-state index < -0.39 is 16.0 Å². The summed E-state index contributed by atoms with van der Waals surface area (Å²) in [7, 11) is -4.34. The SMILES string of the molecule is CC(=O)N(C#N)c1cccc(S(=O)(=O)O)c1. The average Bonchev–Trinajstić information content (AvgIpc) is 2.17. The standard InChI is InChI=1S/C9H8N2O4S/c1-7(12)11(6-10)8-3-2-4-9(5-8)16(13,14)15/h2-5H,1H3,(H,13,14,15). The molecule has 84 valence electrons. The van der Waals surface area contributed by atoms with Crippen LogP contribution in [-0.4, -0.2) is 18.9 Å². The van der Waals surface area contributed by atoms with E-state index in [-0.39, 0.29) is 10.6 Å². The minimum absolute atomic E-state index is 0.0881. The maximum Gasteiger partial charge on any atom is 0.294 e. The fraction of sp³-hybridized carbons (Fsp3) is 0.111. The highest BCUT2D eigenvalue weighted by Gasteiger charge is 2.15. The van der Waals surface area contributed by atoms with Gasteiger partial charge in [-0.25, -0.2) is 4.90 Å². The van der Waals surface area contributed by atoms with Crippen LogP contribution in [0.3, 0.4) is 0 Å². The van der Waals surface area contributed by atoms with Gasteiger partial charge in [-0.05, 0) is 18.2 Å². The summed E-state index contributed by atoms with van der Waals surface area (Å²) in [6.45, 7) is 1.17. The van der Waals surface area contributed by atoms with Crippen molar-refractivity contribution in [1.82, 2.24) is 0 Å². The molecule has 0 unspecified atom stereocenters. The molecule has 7 heteroatoms. The molecule has 0 radical (unpaired) electrons. The van der Waals surface area contributed by atoms with E-state index in [4.69, 9.17) is 9.81 Å². The Bertz CT molecular complexity index is 559. The van der Waals surface area contributed by atoms with Gasteiger partial charge in [-0.15, -0.1) is 0 Å². The highest BCUT2D eigenvalue weighted by atomic mass is 32.2. The van der Waals surface area contributed by atoms with Crippen molar-refractivity contribution in [1.29, 1.82) is 5.26 Å². The number of carbonyl (C=O) groups excluding carboxylic acids is 1. The molecule has 1 N–H and O–H groups in total. The van der Waals surface area contributed by atoms with Gasteiger partial charge < -0.3 is 0 Å². The second-order valence-electron chi connectivity index (χ2n) is 2.93. The minimum atomic E-state index is -4.34. The molecular weight excluding hydrogens is 232 g/mol. The molecule has 0 aliphatic carbocycles. The monoisotopic (exact) mass is 240 g/mol. The minimum Gasteiger partial charge on any atom is -0.282 e. The molecule has 1 amide bonds. The summed E-state index contributed by atoms with van der Waals surface area (Å²) in [6, 6.07) is 4.92. The van der Waals surface area contributed by atoms with Crippen LogP contribution < -0.4 is 4.90 Å². The third kappa shape index (κ3) is 2.56. The number of hydrogen-bond acceptors (Lipinski definition) is 4. The van der Waals surface area contributed by atoms with Crippen LogP contribution in [0, 0.1) is 11.5 Å². The van der Waals surface area contributed by atoms with Crippen molar-refractivity contribution in [2.45, 2.75) is 11.8 Å². The summed E-state index contributed by atoms with van der Waals surface area (Å²) >= 11 is 0. The first-order valence-corrected chi connectivity index (χ1v) is 5.58. The highest BCUT2D eigenvalue weighted by molar-refractivity contribution is 7.85. The van der Waals surface area contributed by atoms with Crippen molar-refractivity contribution >= 4 is 21.7 Å². The van der Waals surface area contributed by atoms with Crippen LogP contribution in [-0.2, 0) is 14.9 Å². The summed E-state index contributed by atoms with van der Waals surface area (Å²) < 4.78 is 30.5. The van der Waals surface area contributed by atoms with Crippen molar-refractivity contribution in [3.05, 3.63) is 24.3 Å². The largest absolute Gasteiger partial charge is 0.294 e. The Balaban J connectivity index is 3.29. The summed E-state index contributed by atoms with van der Waals surface area (Å²) in [6.07, 6.45) is 1.60. The molecular formula is C9H8N2O4S. The van der Waals surface area contributed by atoms with Gasteiger partial charge in [0.2, 0.25) is 5.91 Å². The smallest absolute Gasteiger partial charge is 0.282 e. The predicted octanol–water partition coefficient (Wildman–Crippen LogP) is 0.767. The second-order valence-corrected chi connectivity index (χ2v) is 4.35. The van der Waals surface area contributed by atoms with Crippen molar-refractivity contribution < 1.29 is 17.8 Å². The van der Waals surface area contributed by atoms with Crippen LogP contribution in [0.15, 0.2) is 29.2 Å². The zero-order valence-corrected chi connectivity index (χ0v) is 9.10. The first-order valence-electron chi connectivity index (χ1n) is 4.14. The predicted molar refractivity (Wildman–Crippen MR) is 55.0 cm³/mol. The summed E-state index contributed by atoms with van der Waals surface area (Å²) in [4.78, 5) is 11.4. The quantitative estimate of drug-likeness (QED) is 0.467. The van der Waals surface area contributed by atoms with Crippen LogP contribution in [0.25, 0.3) is 0 Å².